The van der Waals surface area contributed by atoms with E-state index >= 15 is 0 Å². The molecule has 4 heterocycles. The lowest BCUT2D eigenvalue weighted by atomic mass is 9.83. The summed E-state index contributed by atoms with van der Waals surface area (Å²) in [5.41, 5.74) is 4.35. The summed E-state index contributed by atoms with van der Waals surface area (Å²) >= 11 is 0. The Balaban J connectivity index is 1.40. The van der Waals surface area contributed by atoms with Crippen molar-refractivity contribution in [1.82, 2.24) is 19.7 Å². The van der Waals surface area contributed by atoms with Crippen molar-refractivity contribution in [1.29, 1.82) is 5.26 Å². The van der Waals surface area contributed by atoms with Crippen LogP contribution < -0.4 is 10.6 Å². The molecule has 34 heavy (non-hydrogen) atoms. The van der Waals surface area contributed by atoms with Crippen LogP contribution in [0.5, 0.6) is 0 Å². The van der Waals surface area contributed by atoms with Crippen LogP contribution >= 0.6 is 0 Å². The maximum atomic E-state index is 9.96. The van der Waals surface area contributed by atoms with Crippen molar-refractivity contribution < 1.29 is 9.84 Å². The van der Waals surface area contributed by atoms with Crippen molar-refractivity contribution in [3.05, 3.63) is 47.3 Å². The van der Waals surface area contributed by atoms with Crippen LogP contribution in [0.3, 0.4) is 0 Å². The molecule has 176 valence electrons. The smallest absolute Gasteiger partial charge is 0.228 e. The number of fused-ring (bicyclic) bond motifs is 1. The van der Waals surface area contributed by atoms with Crippen LogP contribution in [0.1, 0.15) is 43.0 Å². The number of hydrogen-bond donors (Lipinski definition) is 3. The van der Waals surface area contributed by atoms with E-state index in [1.54, 1.807) is 6.20 Å². The highest BCUT2D eigenvalue weighted by molar-refractivity contribution is 5.76. The van der Waals surface area contributed by atoms with Crippen molar-refractivity contribution in [2.45, 2.75) is 51.2 Å². The second-order valence-corrected chi connectivity index (χ2v) is 9.36. The van der Waals surface area contributed by atoms with E-state index in [4.69, 9.17) is 4.74 Å². The molecule has 5 rings (SSSR count). The third-order valence-electron chi connectivity index (χ3n) is 6.74. The highest BCUT2D eigenvalue weighted by Crippen LogP contribution is 2.41. The molecule has 1 aromatic carbocycles. The first-order valence-corrected chi connectivity index (χ1v) is 11.7. The van der Waals surface area contributed by atoms with Crippen LogP contribution in [0.4, 0.5) is 17.5 Å². The minimum absolute atomic E-state index is 0.00813. The molecule has 0 aliphatic carbocycles. The molecule has 2 unspecified atom stereocenters. The lowest BCUT2D eigenvalue weighted by Gasteiger charge is -2.22. The molecular formula is C25H29N7O2. The van der Waals surface area contributed by atoms with E-state index in [0.717, 1.165) is 48.5 Å². The molecule has 2 atom stereocenters. The Hall–Kier alpha value is -3.48. The van der Waals surface area contributed by atoms with E-state index in [2.05, 4.69) is 31.8 Å². The Bertz CT molecular complexity index is 1240. The number of benzene rings is 1. The zero-order valence-corrected chi connectivity index (χ0v) is 19.5. The fourth-order valence-corrected chi connectivity index (χ4v) is 4.66. The van der Waals surface area contributed by atoms with Gasteiger partial charge in [0.05, 0.1) is 36.2 Å². The van der Waals surface area contributed by atoms with Gasteiger partial charge in [0.2, 0.25) is 5.95 Å². The highest BCUT2D eigenvalue weighted by atomic mass is 16.5. The van der Waals surface area contributed by atoms with Gasteiger partial charge in [0.25, 0.3) is 0 Å². The lowest BCUT2D eigenvalue weighted by Crippen LogP contribution is -2.28. The number of aliphatic hydroxyl groups is 1. The Labute approximate surface area is 198 Å². The molecule has 0 bridgehead atoms. The number of ether oxygens (including phenoxy) is 1. The van der Waals surface area contributed by atoms with Crippen LogP contribution in [0.15, 0.2) is 30.5 Å². The van der Waals surface area contributed by atoms with Gasteiger partial charge in [-0.05, 0) is 49.9 Å². The maximum absolute atomic E-state index is 9.96. The van der Waals surface area contributed by atoms with E-state index in [1.807, 2.05) is 42.8 Å². The molecule has 2 aliphatic heterocycles. The molecule has 1 saturated heterocycles. The van der Waals surface area contributed by atoms with Crippen molar-refractivity contribution in [2.24, 2.45) is 0 Å². The molecule has 0 radical (unpaired) electrons. The fourth-order valence-electron chi connectivity index (χ4n) is 4.66. The standard InChI is InChI=1S/C25H29N7O2/c1-16-9-22(31-32(16)13-19-5-3-4-8-34-19)30-24-27-7-6-21(29-24)17-10-18(12-26)23-20(11-17)25(2,15-33)14-28-23/h6-7,9-11,19,28,33H,3-5,8,13-15H2,1-2H3,(H,27,29,30,31). The molecule has 0 amide bonds. The van der Waals surface area contributed by atoms with E-state index in [-0.39, 0.29) is 12.7 Å². The summed E-state index contributed by atoms with van der Waals surface area (Å²) in [5, 5.41) is 30.8. The fraction of sp³-hybridized carbons (Fsp3) is 0.440. The van der Waals surface area contributed by atoms with E-state index in [0.29, 0.717) is 29.6 Å². The minimum atomic E-state index is -0.447. The van der Waals surface area contributed by atoms with Gasteiger partial charge in [-0.3, -0.25) is 4.68 Å². The van der Waals surface area contributed by atoms with Crippen LogP contribution in [-0.2, 0) is 16.7 Å². The van der Waals surface area contributed by atoms with Crippen molar-refractivity contribution >= 4 is 17.5 Å². The number of rotatable bonds is 6. The Morgan fingerprint density at radius 2 is 2.24 bits per heavy atom. The average Bonchev–Trinajstić information content (AvgIpc) is 3.38. The largest absolute Gasteiger partial charge is 0.395 e. The van der Waals surface area contributed by atoms with Gasteiger partial charge in [-0.15, -0.1) is 0 Å². The molecule has 0 saturated carbocycles. The third kappa shape index (κ3) is 4.22. The Morgan fingerprint density at radius 1 is 1.35 bits per heavy atom. The molecule has 9 heteroatoms. The first-order chi connectivity index (χ1) is 16.5. The summed E-state index contributed by atoms with van der Waals surface area (Å²) < 4.78 is 7.82. The van der Waals surface area contributed by atoms with Crippen molar-refractivity contribution in [2.75, 3.05) is 30.4 Å². The van der Waals surface area contributed by atoms with Gasteiger partial charge in [0, 0.05) is 42.1 Å². The zero-order valence-electron chi connectivity index (χ0n) is 19.5. The number of aromatic nitrogens is 4. The van der Waals surface area contributed by atoms with Gasteiger partial charge >= 0.3 is 0 Å². The zero-order chi connectivity index (χ0) is 23.7. The topological polar surface area (TPSA) is 121 Å². The Morgan fingerprint density at radius 3 is 3.00 bits per heavy atom. The molecule has 2 aromatic heterocycles. The molecule has 3 aromatic rings. The number of hydrogen-bond acceptors (Lipinski definition) is 8. The summed E-state index contributed by atoms with van der Waals surface area (Å²) in [6, 6.07) is 9.88. The second-order valence-electron chi connectivity index (χ2n) is 9.36. The van der Waals surface area contributed by atoms with Crippen LogP contribution in [0, 0.1) is 18.3 Å². The summed E-state index contributed by atoms with van der Waals surface area (Å²) in [6.07, 6.45) is 5.27. The van der Waals surface area contributed by atoms with Gasteiger partial charge < -0.3 is 20.5 Å². The number of nitrogens with one attached hydrogen (secondary N) is 2. The van der Waals surface area contributed by atoms with E-state index < -0.39 is 5.41 Å². The normalized spacial score (nSPS) is 21.5. The van der Waals surface area contributed by atoms with Crippen LogP contribution in [0.25, 0.3) is 11.3 Å². The van der Waals surface area contributed by atoms with Crippen molar-refractivity contribution in [3.8, 4) is 17.3 Å². The molecular weight excluding hydrogens is 430 g/mol. The molecule has 0 spiro atoms. The SMILES string of the molecule is Cc1cc(Nc2nccc(-c3cc(C#N)c4c(c3)C(C)(CO)CN4)n2)nn1CC1CCCCO1. The monoisotopic (exact) mass is 459 g/mol. The molecule has 3 N–H and O–H groups in total. The number of nitriles is 1. The lowest BCUT2D eigenvalue weighted by molar-refractivity contribution is 0.00370. The molecule has 9 nitrogen and oxygen atoms in total. The van der Waals surface area contributed by atoms with Gasteiger partial charge in [0.15, 0.2) is 5.82 Å². The maximum Gasteiger partial charge on any atom is 0.228 e. The summed E-state index contributed by atoms with van der Waals surface area (Å²) in [5.74, 6) is 1.10. The third-order valence-corrected chi connectivity index (χ3v) is 6.74. The number of nitrogens with zero attached hydrogens (tertiary/aromatic N) is 5. The highest BCUT2D eigenvalue weighted by Gasteiger charge is 2.36. The Kier molecular flexibility index (Phi) is 5.94. The number of aryl methyl sites for hydroxylation is 1. The molecule has 1 fully saturated rings. The second kappa shape index (κ2) is 9.05. The molecule has 2 aliphatic rings. The van der Waals surface area contributed by atoms with E-state index in [1.165, 1.54) is 6.42 Å². The minimum Gasteiger partial charge on any atom is -0.395 e. The van der Waals surface area contributed by atoms with Gasteiger partial charge in [-0.1, -0.05) is 6.92 Å². The van der Waals surface area contributed by atoms with Gasteiger partial charge in [-0.25, -0.2) is 9.97 Å². The van der Waals surface area contributed by atoms with Crippen LogP contribution in [-0.4, -0.2) is 50.7 Å². The first-order valence-electron chi connectivity index (χ1n) is 11.7. The van der Waals surface area contributed by atoms with Gasteiger partial charge in [-0.2, -0.15) is 10.4 Å². The van der Waals surface area contributed by atoms with Crippen LogP contribution in [0.2, 0.25) is 0 Å². The quantitative estimate of drug-likeness (QED) is 0.512. The average molecular weight is 460 g/mol. The predicted octanol–water partition coefficient (Wildman–Crippen LogP) is 3.51. The number of aliphatic hydroxyl groups excluding tert-OH is 1. The predicted molar refractivity (Wildman–Crippen MR) is 129 cm³/mol. The first kappa shape index (κ1) is 22.3. The summed E-state index contributed by atoms with van der Waals surface area (Å²) in [7, 11) is 0. The van der Waals surface area contributed by atoms with E-state index in [9.17, 15) is 10.4 Å². The van der Waals surface area contributed by atoms with Gasteiger partial charge in [0.1, 0.15) is 6.07 Å². The van der Waals surface area contributed by atoms with Crippen molar-refractivity contribution in [3.63, 3.8) is 0 Å². The summed E-state index contributed by atoms with van der Waals surface area (Å²) in [4.78, 5) is 9.04. The summed E-state index contributed by atoms with van der Waals surface area (Å²) in [6.45, 7) is 6.14. The number of anilines is 3.